The van der Waals surface area contributed by atoms with Crippen LogP contribution in [-0.2, 0) is 25.8 Å². The van der Waals surface area contributed by atoms with E-state index >= 15 is 0 Å². The molecule has 0 aromatic carbocycles. The second-order valence-corrected chi connectivity index (χ2v) is 12.1. The minimum absolute atomic E-state index is 0.0710. The van der Waals surface area contributed by atoms with Gasteiger partial charge in [0.05, 0.1) is 11.7 Å². The topological polar surface area (TPSA) is 158 Å². The number of hydrogen-bond acceptors (Lipinski definition) is 11. The molecule has 0 spiro atoms. The number of nitrogens with one attached hydrogen (secondary N) is 1. The van der Waals surface area contributed by atoms with Crippen molar-refractivity contribution in [3.8, 4) is 0 Å². The zero-order valence-corrected chi connectivity index (χ0v) is 22.4. The van der Waals surface area contributed by atoms with Crippen molar-refractivity contribution < 1.29 is 28.9 Å². The summed E-state index contributed by atoms with van der Waals surface area (Å²) in [7, 11) is 0. The zero-order valence-electron chi connectivity index (χ0n) is 19.9. The summed E-state index contributed by atoms with van der Waals surface area (Å²) in [5.74, 6) is -2.21. The molecule has 2 atom stereocenters. The van der Waals surface area contributed by atoms with E-state index in [2.05, 4.69) is 15.5 Å². The molecule has 3 aliphatic rings. The first-order chi connectivity index (χ1) is 18.4. The number of aromatic nitrogens is 3. The Kier molecular flexibility index (Phi) is 6.57. The fourth-order valence-electron chi connectivity index (χ4n) is 4.86. The van der Waals surface area contributed by atoms with Crippen molar-refractivity contribution in [1.29, 1.82) is 0 Å². The maximum absolute atomic E-state index is 13.2. The Morgan fingerprint density at radius 2 is 2.13 bits per heavy atom. The van der Waals surface area contributed by atoms with Crippen molar-refractivity contribution in [2.24, 2.45) is 5.16 Å². The third kappa shape index (κ3) is 4.54. The molecule has 6 rings (SSSR count). The van der Waals surface area contributed by atoms with Crippen molar-refractivity contribution >= 4 is 67.9 Å². The minimum Gasteiger partial charge on any atom is -0.543 e. The summed E-state index contributed by atoms with van der Waals surface area (Å²) >= 11 is 4.12. The van der Waals surface area contributed by atoms with E-state index < -0.39 is 29.2 Å². The molecule has 3 N–H and O–H groups in total. The van der Waals surface area contributed by atoms with Crippen LogP contribution in [-0.4, -0.2) is 61.1 Å². The van der Waals surface area contributed by atoms with E-state index in [4.69, 9.17) is 10.6 Å². The summed E-state index contributed by atoms with van der Waals surface area (Å²) in [6.07, 6.45) is 9.40. The van der Waals surface area contributed by atoms with Crippen LogP contribution in [0.5, 0.6) is 0 Å². The molecule has 3 aromatic rings. The second-order valence-electron chi connectivity index (χ2n) is 9.19. The van der Waals surface area contributed by atoms with Crippen LogP contribution in [0, 0.1) is 0 Å². The predicted octanol–water partition coefficient (Wildman–Crippen LogP) is 0.0944. The number of thiazole rings is 2. The molecular weight excluding hydrogens is 550 g/mol. The van der Waals surface area contributed by atoms with Crippen LogP contribution < -0.4 is 20.7 Å². The summed E-state index contributed by atoms with van der Waals surface area (Å²) < 4.78 is 3.82. The number of amides is 2. The normalized spacial score (nSPS) is 22.1. The van der Waals surface area contributed by atoms with Crippen LogP contribution in [0.2, 0.25) is 0 Å². The number of nitrogen functional groups attached to an aromatic ring is 1. The first-order valence-corrected chi connectivity index (χ1v) is 14.8. The first-order valence-electron chi connectivity index (χ1n) is 12.0. The van der Waals surface area contributed by atoms with Crippen molar-refractivity contribution in [3.63, 3.8) is 0 Å². The average molecular weight is 574 g/mol. The molecule has 3 aromatic heterocycles. The largest absolute Gasteiger partial charge is 0.543 e. The van der Waals surface area contributed by atoms with E-state index in [1.807, 2.05) is 33.1 Å². The van der Waals surface area contributed by atoms with Crippen molar-refractivity contribution in [2.75, 3.05) is 11.5 Å². The van der Waals surface area contributed by atoms with Crippen molar-refractivity contribution in [2.45, 2.75) is 49.7 Å². The highest BCUT2D eigenvalue weighted by atomic mass is 32.2. The summed E-state index contributed by atoms with van der Waals surface area (Å²) in [6, 6.07) is -0.927. The number of anilines is 1. The predicted molar refractivity (Wildman–Crippen MR) is 139 cm³/mol. The number of oxime groups is 1. The number of thioether (sulfide) groups is 1. The molecule has 1 saturated heterocycles. The van der Waals surface area contributed by atoms with E-state index in [-0.39, 0.29) is 28.3 Å². The second kappa shape index (κ2) is 10.0. The van der Waals surface area contributed by atoms with Gasteiger partial charge >= 0.3 is 0 Å². The Morgan fingerprint density at radius 1 is 1.32 bits per heavy atom. The number of nitrogens with zero attached hydrogens (tertiary/aromatic N) is 5. The fourth-order valence-corrected chi connectivity index (χ4v) is 7.50. The van der Waals surface area contributed by atoms with Gasteiger partial charge in [-0.05, 0) is 25.7 Å². The number of nitrogens with two attached hydrogens (primary N) is 1. The van der Waals surface area contributed by atoms with E-state index in [0.29, 0.717) is 17.9 Å². The van der Waals surface area contributed by atoms with Gasteiger partial charge in [-0.25, -0.2) is 9.55 Å². The average Bonchev–Trinajstić information content (AvgIpc) is 3.68. The van der Waals surface area contributed by atoms with Gasteiger partial charge in [0.15, 0.2) is 10.8 Å². The van der Waals surface area contributed by atoms with Crippen LogP contribution in [0.1, 0.15) is 31.4 Å². The number of fused-ring (bicyclic) bond motifs is 2. The summed E-state index contributed by atoms with van der Waals surface area (Å²) in [5, 5.41) is 22.2. The molecule has 1 aliphatic carbocycles. The third-order valence-electron chi connectivity index (χ3n) is 6.69. The molecule has 5 heterocycles. The number of carboxylic acids is 1. The monoisotopic (exact) mass is 573 g/mol. The van der Waals surface area contributed by atoms with Gasteiger partial charge in [0.2, 0.25) is 11.2 Å². The number of imidazole rings is 1. The molecule has 0 radical (unpaired) electrons. The maximum atomic E-state index is 13.2. The molecule has 1 saturated carbocycles. The summed E-state index contributed by atoms with van der Waals surface area (Å²) in [5.41, 5.74) is 6.37. The van der Waals surface area contributed by atoms with Crippen LogP contribution in [0.25, 0.3) is 4.83 Å². The number of rotatable bonds is 8. The van der Waals surface area contributed by atoms with Crippen LogP contribution >= 0.6 is 34.4 Å². The van der Waals surface area contributed by atoms with Crippen molar-refractivity contribution in [3.05, 3.63) is 46.4 Å². The van der Waals surface area contributed by atoms with Gasteiger partial charge in [-0.1, -0.05) is 16.5 Å². The molecule has 198 valence electrons. The standard InChI is InChI=1S/C23H23N7O5S3/c24-23-25-14(10-38-23)16(27-35-13-3-1-2-4-13)19(31)26-17-20(32)30-18(22(33)34)12(9-37-21(17)30)7-28-8-15-29(11-28)5-6-36-15/h5-6,8,10-11,13,17,21H,1-4,7,9H2,(H3-,24,25,26,31,33,34)/b27-16-/t17-,21-/m1/s1. The number of aliphatic carboxylic acids is 1. The lowest BCUT2D eigenvalue weighted by atomic mass is 10.0. The number of hydrogen-bond donors (Lipinski definition) is 2. The first kappa shape index (κ1) is 24.9. The highest BCUT2D eigenvalue weighted by Crippen LogP contribution is 2.40. The lowest BCUT2D eigenvalue weighted by Gasteiger charge is -2.50. The van der Waals surface area contributed by atoms with Gasteiger partial charge in [-0.3, -0.25) is 14.5 Å². The fraction of sp³-hybridized carbons (Fsp3) is 0.391. The van der Waals surface area contributed by atoms with Gasteiger partial charge in [0.1, 0.15) is 42.2 Å². The Balaban J connectivity index is 1.20. The van der Waals surface area contributed by atoms with Gasteiger partial charge in [-0.2, -0.15) is 4.40 Å². The summed E-state index contributed by atoms with van der Waals surface area (Å²) in [4.78, 5) is 50.5. The molecule has 0 unspecified atom stereocenters. The lowest BCUT2D eigenvalue weighted by molar-refractivity contribution is -0.687. The van der Waals surface area contributed by atoms with Gasteiger partial charge in [0.25, 0.3) is 11.8 Å². The molecule has 38 heavy (non-hydrogen) atoms. The molecule has 2 amide bonds. The Hall–Kier alpha value is -3.43. The van der Waals surface area contributed by atoms with Gasteiger partial charge < -0.3 is 25.8 Å². The molecule has 2 aliphatic heterocycles. The van der Waals surface area contributed by atoms with Crippen LogP contribution in [0.4, 0.5) is 5.13 Å². The Labute approximate surface area is 228 Å². The van der Waals surface area contributed by atoms with Crippen LogP contribution in [0.15, 0.2) is 45.9 Å². The lowest BCUT2D eigenvalue weighted by Crippen LogP contribution is -2.71. The smallest absolute Gasteiger partial charge is 0.276 e. The van der Waals surface area contributed by atoms with E-state index in [0.717, 1.165) is 41.9 Å². The van der Waals surface area contributed by atoms with Crippen LogP contribution in [0.3, 0.4) is 0 Å². The third-order valence-corrected chi connectivity index (χ3v) is 9.52. The van der Waals surface area contributed by atoms with E-state index in [1.54, 1.807) is 16.7 Å². The van der Waals surface area contributed by atoms with E-state index in [1.165, 1.54) is 16.7 Å². The number of carbonyl (C=O) groups excluding carboxylic acids is 3. The van der Waals surface area contributed by atoms with Crippen molar-refractivity contribution in [1.82, 2.24) is 19.6 Å². The number of β-lactam (4-membered cyclic amide) rings is 1. The van der Waals surface area contributed by atoms with Gasteiger partial charge in [0, 0.05) is 22.1 Å². The van der Waals surface area contributed by atoms with E-state index in [9.17, 15) is 19.5 Å². The Morgan fingerprint density at radius 3 is 2.84 bits per heavy atom. The highest BCUT2D eigenvalue weighted by molar-refractivity contribution is 8.00. The molecule has 0 bridgehead atoms. The SMILES string of the molecule is Nc1nc(/C(=N/OC2CCCC2)C(=O)N[C@@H]2C(=O)N3C(C(=O)[O-])=C(C[n+]4cc5sccn5c4)CS[C@H]23)cs1. The maximum Gasteiger partial charge on any atom is 0.276 e. The minimum atomic E-state index is -1.42. The Bertz CT molecular complexity index is 1460. The summed E-state index contributed by atoms with van der Waals surface area (Å²) in [6.45, 7) is 0.304. The van der Waals surface area contributed by atoms with Gasteiger partial charge in [-0.15, -0.1) is 23.1 Å². The molecule has 2 fully saturated rings. The quantitative estimate of drug-likeness (QED) is 0.166. The molecular formula is C23H23N7O5S3. The molecule has 15 heteroatoms. The highest BCUT2D eigenvalue weighted by Gasteiger charge is 2.53. The number of carbonyl (C=O) groups is 3. The molecule has 12 nitrogen and oxygen atoms in total. The number of carboxylic acid groups (broad SMARTS) is 1. The zero-order chi connectivity index (χ0) is 26.4.